The van der Waals surface area contributed by atoms with Crippen LogP contribution < -0.4 is 10.6 Å². The summed E-state index contributed by atoms with van der Waals surface area (Å²) in [5.74, 6) is 0.851. The van der Waals surface area contributed by atoms with Crippen molar-refractivity contribution in [2.45, 2.75) is 39.8 Å². The van der Waals surface area contributed by atoms with Crippen molar-refractivity contribution in [2.75, 3.05) is 7.05 Å². The van der Waals surface area contributed by atoms with E-state index in [1.807, 2.05) is 18.4 Å². The Morgan fingerprint density at radius 1 is 1.17 bits per heavy atom. The molecule has 0 radical (unpaired) electrons. The summed E-state index contributed by atoms with van der Waals surface area (Å²) in [4.78, 5) is 7.09. The maximum atomic E-state index is 4.32. The van der Waals surface area contributed by atoms with E-state index in [2.05, 4.69) is 72.8 Å². The van der Waals surface area contributed by atoms with Gasteiger partial charge in [0.25, 0.3) is 0 Å². The van der Waals surface area contributed by atoms with E-state index in [0.29, 0.717) is 6.04 Å². The fourth-order valence-electron chi connectivity index (χ4n) is 2.36. The maximum Gasteiger partial charge on any atom is 0.191 e. The van der Waals surface area contributed by atoms with Gasteiger partial charge in [-0.15, -0.1) is 35.3 Å². The Balaban J connectivity index is 0.00000264. The van der Waals surface area contributed by atoms with Crippen molar-refractivity contribution in [1.82, 2.24) is 10.6 Å². The van der Waals surface area contributed by atoms with Crippen LogP contribution in [0.15, 0.2) is 41.4 Å². The number of aryl methyl sites for hydroxylation is 2. The molecule has 2 aromatic rings. The molecule has 1 heterocycles. The first-order valence-corrected chi connectivity index (χ1v) is 8.47. The van der Waals surface area contributed by atoms with Gasteiger partial charge in [-0.3, -0.25) is 4.99 Å². The molecule has 0 fully saturated rings. The fourth-order valence-corrected chi connectivity index (χ4v) is 3.38. The van der Waals surface area contributed by atoms with Gasteiger partial charge >= 0.3 is 0 Å². The highest BCUT2D eigenvalue weighted by Crippen LogP contribution is 2.16. The lowest BCUT2D eigenvalue weighted by atomic mass is 10.1. The Morgan fingerprint density at radius 3 is 2.52 bits per heavy atom. The van der Waals surface area contributed by atoms with Crippen molar-refractivity contribution in [3.8, 4) is 0 Å². The molecule has 1 atom stereocenters. The molecule has 0 aliphatic heterocycles. The zero-order chi connectivity index (χ0) is 15.9. The average Bonchev–Trinajstić information content (AvgIpc) is 2.90. The number of nitrogens with zero attached hydrogens (tertiary/aromatic N) is 1. The topological polar surface area (TPSA) is 36.4 Å². The molecule has 1 unspecified atom stereocenters. The van der Waals surface area contributed by atoms with E-state index in [1.165, 1.54) is 20.9 Å². The number of rotatable bonds is 5. The second-order valence-electron chi connectivity index (χ2n) is 5.61. The van der Waals surface area contributed by atoms with E-state index in [0.717, 1.165) is 18.9 Å². The van der Waals surface area contributed by atoms with Gasteiger partial charge in [-0.05, 0) is 44.0 Å². The third-order valence-corrected chi connectivity index (χ3v) is 4.64. The van der Waals surface area contributed by atoms with Crippen LogP contribution in [0, 0.1) is 13.8 Å². The van der Waals surface area contributed by atoms with Gasteiger partial charge in [0.1, 0.15) is 0 Å². The van der Waals surface area contributed by atoms with E-state index in [4.69, 9.17) is 0 Å². The SMILES string of the molecule is CN=C(NCc1ccccc1C)NC(C)Cc1ccc(C)s1.I. The molecule has 2 rings (SSSR count). The molecule has 0 saturated carbocycles. The first-order valence-electron chi connectivity index (χ1n) is 7.65. The Morgan fingerprint density at radius 2 is 1.91 bits per heavy atom. The predicted octanol–water partition coefficient (Wildman–Crippen LogP) is 4.28. The molecular weight excluding hydrogens is 417 g/mol. The van der Waals surface area contributed by atoms with Crippen molar-refractivity contribution in [3.05, 3.63) is 57.3 Å². The average molecular weight is 443 g/mol. The van der Waals surface area contributed by atoms with Gasteiger partial charge in [0.15, 0.2) is 5.96 Å². The minimum Gasteiger partial charge on any atom is -0.354 e. The molecule has 0 aliphatic carbocycles. The lowest BCUT2D eigenvalue weighted by Crippen LogP contribution is -2.42. The quantitative estimate of drug-likeness (QED) is 0.411. The lowest BCUT2D eigenvalue weighted by Gasteiger charge is -2.18. The summed E-state index contributed by atoms with van der Waals surface area (Å²) < 4.78 is 0. The fraction of sp³-hybridized carbons (Fsp3) is 0.389. The number of hydrogen-bond acceptors (Lipinski definition) is 2. The monoisotopic (exact) mass is 443 g/mol. The molecule has 3 nitrogen and oxygen atoms in total. The first-order chi connectivity index (χ1) is 10.6. The molecule has 1 aromatic heterocycles. The van der Waals surface area contributed by atoms with Crippen molar-refractivity contribution in [3.63, 3.8) is 0 Å². The number of thiophene rings is 1. The summed E-state index contributed by atoms with van der Waals surface area (Å²) >= 11 is 1.86. The van der Waals surface area contributed by atoms with Crippen LogP contribution in [0.2, 0.25) is 0 Å². The van der Waals surface area contributed by atoms with Crippen molar-refractivity contribution in [1.29, 1.82) is 0 Å². The molecule has 0 amide bonds. The molecule has 23 heavy (non-hydrogen) atoms. The van der Waals surface area contributed by atoms with E-state index >= 15 is 0 Å². The standard InChI is InChI=1S/C18H25N3S.HI/c1-13-7-5-6-8-16(13)12-20-18(19-4)21-14(2)11-17-10-9-15(3)22-17;/h5-10,14H,11-12H2,1-4H3,(H2,19,20,21);1H. The lowest BCUT2D eigenvalue weighted by molar-refractivity contribution is 0.644. The molecule has 5 heteroatoms. The number of halogens is 1. The first kappa shape index (κ1) is 20.0. The number of hydrogen-bond donors (Lipinski definition) is 2. The summed E-state index contributed by atoms with van der Waals surface area (Å²) in [6.45, 7) is 7.26. The summed E-state index contributed by atoms with van der Waals surface area (Å²) in [6.07, 6.45) is 1.02. The molecule has 2 N–H and O–H groups in total. The highest BCUT2D eigenvalue weighted by molar-refractivity contribution is 14.0. The number of guanidine groups is 1. The van der Waals surface area contributed by atoms with Gasteiger partial charge in [0.2, 0.25) is 0 Å². The molecular formula is C18H26IN3S. The smallest absolute Gasteiger partial charge is 0.191 e. The number of nitrogens with one attached hydrogen (secondary N) is 2. The predicted molar refractivity (Wildman–Crippen MR) is 112 cm³/mol. The zero-order valence-electron chi connectivity index (χ0n) is 14.2. The van der Waals surface area contributed by atoms with Gasteiger partial charge in [-0.1, -0.05) is 24.3 Å². The molecule has 0 spiro atoms. The summed E-state index contributed by atoms with van der Waals surface area (Å²) in [5.41, 5.74) is 2.60. The largest absolute Gasteiger partial charge is 0.354 e. The van der Waals surface area contributed by atoms with Crippen LogP contribution in [-0.2, 0) is 13.0 Å². The Hall–Kier alpha value is -1.08. The molecule has 1 aromatic carbocycles. The van der Waals surface area contributed by atoms with Gasteiger partial charge in [-0.25, -0.2) is 0 Å². The van der Waals surface area contributed by atoms with Crippen LogP contribution in [-0.4, -0.2) is 19.0 Å². The summed E-state index contributed by atoms with van der Waals surface area (Å²) in [7, 11) is 1.81. The van der Waals surface area contributed by atoms with E-state index in [9.17, 15) is 0 Å². The Bertz CT molecular complexity index is 637. The Labute approximate surface area is 160 Å². The highest BCUT2D eigenvalue weighted by Gasteiger charge is 2.08. The van der Waals surface area contributed by atoms with Gasteiger partial charge in [-0.2, -0.15) is 0 Å². The van der Waals surface area contributed by atoms with Crippen LogP contribution in [0.1, 0.15) is 27.8 Å². The second-order valence-corrected chi connectivity index (χ2v) is 6.99. The molecule has 0 bridgehead atoms. The number of benzene rings is 1. The van der Waals surface area contributed by atoms with Crippen LogP contribution in [0.4, 0.5) is 0 Å². The normalized spacial score (nSPS) is 12.4. The second kappa shape index (κ2) is 9.93. The maximum absolute atomic E-state index is 4.32. The van der Waals surface area contributed by atoms with Gasteiger partial charge < -0.3 is 10.6 Å². The van der Waals surface area contributed by atoms with Crippen molar-refractivity contribution < 1.29 is 0 Å². The van der Waals surface area contributed by atoms with Crippen LogP contribution in [0.25, 0.3) is 0 Å². The van der Waals surface area contributed by atoms with Crippen LogP contribution in [0.5, 0.6) is 0 Å². The zero-order valence-corrected chi connectivity index (χ0v) is 17.4. The molecule has 0 aliphatic rings. The van der Waals surface area contributed by atoms with Gasteiger partial charge in [0, 0.05) is 35.8 Å². The minimum atomic E-state index is 0. The molecule has 126 valence electrons. The van der Waals surface area contributed by atoms with Crippen molar-refractivity contribution in [2.24, 2.45) is 4.99 Å². The highest BCUT2D eigenvalue weighted by atomic mass is 127. The van der Waals surface area contributed by atoms with Gasteiger partial charge in [0.05, 0.1) is 0 Å². The summed E-state index contributed by atoms with van der Waals surface area (Å²) in [6, 6.07) is 13.2. The third-order valence-electron chi connectivity index (χ3n) is 3.62. The number of aliphatic imine (C=N–C) groups is 1. The van der Waals surface area contributed by atoms with Crippen LogP contribution >= 0.6 is 35.3 Å². The summed E-state index contributed by atoms with van der Waals surface area (Å²) in [5, 5.41) is 6.85. The Kier molecular flexibility index (Phi) is 8.62. The van der Waals surface area contributed by atoms with Crippen molar-refractivity contribution >= 4 is 41.3 Å². The molecule has 0 saturated heterocycles. The van der Waals surface area contributed by atoms with E-state index < -0.39 is 0 Å². The van der Waals surface area contributed by atoms with E-state index in [1.54, 1.807) is 0 Å². The van der Waals surface area contributed by atoms with E-state index in [-0.39, 0.29) is 24.0 Å². The third kappa shape index (κ3) is 6.51. The van der Waals surface area contributed by atoms with Crippen LogP contribution in [0.3, 0.4) is 0 Å². The minimum absolute atomic E-state index is 0.